The number of nitrogens with one attached hydrogen (secondary N) is 1. The molecule has 0 saturated heterocycles. The molecule has 0 aliphatic heterocycles. The van der Waals surface area contributed by atoms with Crippen LogP contribution >= 0.6 is 11.6 Å². The molecule has 0 spiro atoms. The Bertz CT molecular complexity index is 547. The second kappa shape index (κ2) is 4.06. The molecule has 16 heavy (non-hydrogen) atoms. The highest BCUT2D eigenvalue weighted by Crippen LogP contribution is 2.30. The number of ether oxygens (including phenoxy) is 1. The number of benzene rings is 1. The molecule has 2 rings (SSSR count). The lowest BCUT2D eigenvalue weighted by Crippen LogP contribution is -2.04. The van der Waals surface area contributed by atoms with Crippen molar-refractivity contribution >= 4 is 28.5 Å². The molecular formula is C11H10ClNO3. The van der Waals surface area contributed by atoms with Crippen LogP contribution in [0.2, 0.25) is 5.02 Å². The average molecular weight is 240 g/mol. The van der Waals surface area contributed by atoms with Gasteiger partial charge in [0.2, 0.25) is 0 Å². The van der Waals surface area contributed by atoms with Gasteiger partial charge in [0.15, 0.2) is 11.4 Å². The van der Waals surface area contributed by atoms with E-state index in [-0.39, 0.29) is 18.1 Å². The first-order valence-electron chi connectivity index (χ1n) is 4.80. The number of carbonyl (C=O) groups is 1. The Balaban J connectivity index is 2.55. The first-order chi connectivity index (χ1) is 7.63. The number of aromatic hydroxyl groups is 1. The van der Waals surface area contributed by atoms with E-state index in [1.807, 2.05) is 0 Å². The van der Waals surface area contributed by atoms with E-state index < -0.39 is 5.97 Å². The Labute approximate surface area is 96.8 Å². The number of hydrogen-bond acceptors (Lipinski definition) is 3. The van der Waals surface area contributed by atoms with Crippen LogP contribution in [-0.2, 0) is 4.74 Å². The summed E-state index contributed by atoms with van der Waals surface area (Å²) in [4.78, 5) is 14.3. The molecule has 0 aliphatic rings. The summed E-state index contributed by atoms with van der Waals surface area (Å²) in [5.74, 6) is -0.683. The molecule has 5 heteroatoms. The monoisotopic (exact) mass is 239 g/mol. The van der Waals surface area contributed by atoms with Gasteiger partial charge in [0.25, 0.3) is 0 Å². The van der Waals surface area contributed by atoms with Crippen molar-refractivity contribution in [2.45, 2.75) is 6.92 Å². The highest BCUT2D eigenvalue weighted by Gasteiger charge is 2.18. The fourth-order valence-corrected chi connectivity index (χ4v) is 1.68. The van der Waals surface area contributed by atoms with Crippen LogP contribution in [0.5, 0.6) is 5.75 Å². The van der Waals surface area contributed by atoms with Crippen LogP contribution in [0.3, 0.4) is 0 Å². The first-order valence-corrected chi connectivity index (χ1v) is 5.18. The fourth-order valence-electron chi connectivity index (χ4n) is 1.51. The van der Waals surface area contributed by atoms with Gasteiger partial charge < -0.3 is 14.8 Å². The predicted molar refractivity (Wildman–Crippen MR) is 60.9 cm³/mol. The van der Waals surface area contributed by atoms with E-state index in [2.05, 4.69) is 4.98 Å². The quantitative estimate of drug-likeness (QED) is 0.792. The largest absolute Gasteiger partial charge is 0.505 e. The maximum Gasteiger partial charge on any atom is 0.358 e. The molecule has 0 saturated carbocycles. The number of H-pyrrole nitrogens is 1. The molecule has 1 aromatic carbocycles. The molecule has 0 radical (unpaired) electrons. The zero-order valence-electron chi connectivity index (χ0n) is 8.58. The summed E-state index contributed by atoms with van der Waals surface area (Å²) in [6.45, 7) is 1.96. The number of esters is 1. The second-order valence-corrected chi connectivity index (χ2v) is 3.70. The molecule has 0 aliphatic carbocycles. The summed E-state index contributed by atoms with van der Waals surface area (Å²) in [6.07, 6.45) is 0. The van der Waals surface area contributed by atoms with Crippen molar-refractivity contribution in [3.05, 3.63) is 28.9 Å². The standard InChI is InChI=1S/C11H10ClNO3/c1-2-16-11(15)9-10(14)7-4-3-6(12)5-8(7)13-9/h3-5,13-14H,2H2,1H3. The number of hydrogen-bond donors (Lipinski definition) is 2. The van der Waals surface area contributed by atoms with Gasteiger partial charge in [0, 0.05) is 10.4 Å². The predicted octanol–water partition coefficient (Wildman–Crippen LogP) is 2.70. The summed E-state index contributed by atoms with van der Waals surface area (Å²) in [5.41, 5.74) is 0.659. The molecular weight excluding hydrogens is 230 g/mol. The van der Waals surface area contributed by atoms with Crippen LogP contribution in [0.1, 0.15) is 17.4 Å². The molecule has 4 nitrogen and oxygen atoms in total. The Hall–Kier alpha value is -1.68. The Morgan fingerprint density at radius 1 is 1.56 bits per heavy atom. The minimum atomic E-state index is -0.577. The molecule has 0 fully saturated rings. The third-order valence-electron chi connectivity index (χ3n) is 2.21. The molecule has 0 bridgehead atoms. The van der Waals surface area contributed by atoms with Gasteiger partial charge in [0.05, 0.1) is 12.1 Å². The third-order valence-corrected chi connectivity index (χ3v) is 2.45. The summed E-state index contributed by atoms with van der Waals surface area (Å²) >= 11 is 5.80. The molecule has 0 unspecified atom stereocenters. The van der Waals surface area contributed by atoms with Gasteiger partial charge in [-0.25, -0.2) is 4.79 Å². The summed E-state index contributed by atoms with van der Waals surface area (Å²) in [5, 5.41) is 10.9. The van der Waals surface area contributed by atoms with Crippen molar-refractivity contribution in [2.24, 2.45) is 0 Å². The number of rotatable bonds is 2. The van der Waals surface area contributed by atoms with Crippen LogP contribution in [0.25, 0.3) is 10.9 Å². The van der Waals surface area contributed by atoms with Crippen LogP contribution in [0, 0.1) is 0 Å². The number of carbonyl (C=O) groups excluding carboxylic acids is 1. The van der Waals surface area contributed by atoms with Gasteiger partial charge in [0.1, 0.15) is 0 Å². The smallest absolute Gasteiger partial charge is 0.358 e. The summed E-state index contributed by atoms with van der Waals surface area (Å²) < 4.78 is 4.81. The number of halogens is 1. The van der Waals surface area contributed by atoms with E-state index in [9.17, 15) is 9.90 Å². The van der Waals surface area contributed by atoms with Crippen molar-refractivity contribution in [1.29, 1.82) is 0 Å². The lowest BCUT2D eigenvalue weighted by atomic mass is 10.2. The number of aromatic amines is 1. The minimum Gasteiger partial charge on any atom is -0.505 e. The molecule has 2 aromatic rings. The zero-order valence-corrected chi connectivity index (χ0v) is 9.34. The minimum absolute atomic E-state index is 0.0547. The van der Waals surface area contributed by atoms with E-state index in [0.717, 1.165) is 0 Å². The van der Waals surface area contributed by atoms with E-state index in [4.69, 9.17) is 16.3 Å². The fraction of sp³-hybridized carbons (Fsp3) is 0.182. The van der Waals surface area contributed by atoms with Gasteiger partial charge in [-0.3, -0.25) is 0 Å². The maximum atomic E-state index is 11.5. The molecule has 2 N–H and O–H groups in total. The van der Waals surface area contributed by atoms with Crippen LogP contribution < -0.4 is 0 Å². The second-order valence-electron chi connectivity index (χ2n) is 3.26. The Morgan fingerprint density at radius 3 is 3.00 bits per heavy atom. The van der Waals surface area contributed by atoms with Gasteiger partial charge >= 0.3 is 5.97 Å². The van der Waals surface area contributed by atoms with Crippen molar-refractivity contribution in [3.63, 3.8) is 0 Å². The summed E-state index contributed by atoms with van der Waals surface area (Å²) in [6, 6.07) is 4.93. The van der Waals surface area contributed by atoms with Gasteiger partial charge in [-0.15, -0.1) is 0 Å². The molecule has 0 amide bonds. The Morgan fingerprint density at radius 2 is 2.31 bits per heavy atom. The average Bonchev–Trinajstić information content (AvgIpc) is 2.56. The van der Waals surface area contributed by atoms with E-state index in [1.54, 1.807) is 25.1 Å². The van der Waals surface area contributed by atoms with Crippen molar-refractivity contribution in [2.75, 3.05) is 6.61 Å². The van der Waals surface area contributed by atoms with Crippen molar-refractivity contribution < 1.29 is 14.6 Å². The SMILES string of the molecule is CCOC(=O)c1[nH]c2cc(Cl)ccc2c1O. The molecule has 84 valence electrons. The number of aromatic nitrogens is 1. The Kier molecular flexibility index (Phi) is 2.75. The van der Waals surface area contributed by atoms with Crippen LogP contribution in [0.4, 0.5) is 0 Å². The maximum absolute atomic E-state index is 11.5. The van der Waals surface area contributed by atoms with E-state index >= 15 is 0 Å². The zero-order chi connectivity index (χ0) is 11.7. The highest BCUT2D eigenvalue weighted by atomic mass is 35.5. The highest BCUT2D eigenvalue weighted by molar-refractivity contribution is 6.31. The summed E-state index contributed by atoms with van der Waals surface area (Å²) in [7, 11) is 0. The van der Waals surface area contributed by atoms with Crippen LogP contribution in [0.15, 0.2) is 18.2 Å². The number of fused-ring (bicyclic) bond motifs is 1. The molecule has 1 heterocycles. The van der Waals surface area contributed by atoms with E-state index in [1.165, 1.54) is 0 Å². The normalized spacial score (nSPS) is 10.6. The van der Waals surface area contributed by atoms with E-state index in [0.29, 0.717) is 15.9 Å². The van der Waals surface area contributed by atoms with Crippen molar-refractivity contribution in [3.8, 4) is 5.75 Å². The van der Waals surface area contributed by atoms with Crippen molar-refractivity contribution in [1.82, 2.24) is 4.98 Å². The van der Waals surface area contributed by atoms with Gasteiger partial charge in [-0.2, -0.15) is 0 Å². The molecule has 1 aromatic heterocycles. The topological polar surface area (TPSA) is 62.3 Å². The first kappa shape index (κ1) is 10.8. The third kappa shape index (κ3) is 1.72. The lowest BCUT2D eigenvalue weighted by molar-refractivity contribution is 0.0517. The van der Waals surface area contributed by atoms with Crippen LogP contribution in [-0.4, -0.2) is 22.7 Å². The van der Waals surface area contributed by atoms with Gasteiger partial charge in [-0.1, -0.05) is 11.6 Å². The lowest BCUT2D eigenvalue weighted by Gasteiger charge is -1.98. The molecule has 0 atom stereocenters. The van der Waals surface area contributed by atoms with Gasteiger partial charge in [-0.05, 0) is 25.1 Å².